The first kappa shape index (κ1) is 24.3. The molecule has 0 atom stereocenters. The van der Waals surface area contributed by atoms with Crippen molar-refractivity contribution in [1.82, 2.24) is 4.57 Å². The molecular weight excluding hydrogens is 524 g/mol. The summed E-state index contributed by atoms with van der Waals surface area (Å²) < 4.78 is 8.97. The molecule has 2 aliphatic carbocycles. The van der Waals surface area contributed by atoms with Crippen LogP contribution in [0.5, 0.6) is 0 Å². The minimum Gasteiger partial charge on any atom is -0.456 e. The highest BCUT2D eigenvalue weighted by molar-refractivity contribution is 6.09. The number of hydrogen-bond donors (Lipinski definition) is 0. The van der Waals surface area contributed by atoms with E-state index < -0.39 is 0 Å². The number of para-hydroxylation sites is 1. The van der Waals surface area contributed by atoms with Crippen LogP contribution in [0.1, 0.15) is 48.2 Å². The summed E-state index contributed by atoms with van der Waals surface area (Å²) in [5.41, 5.74) is 14.2. The topological polar surface area (TPSA) is 41.9 Å². The van der Waals surface area contributed by atoms with Crippen molar-refractivity contribution < 1.29 is 4.42 Å². The van der Waals surface area contributed by atoms with Gasteiger partial charge in [-0.1, -0.05) is 80.6 Å². The van der Waals surface area contributed by atoms with Gasteiger partial charge in [0, 0.05) is 38.4 Å². The lowest BCUT2D eigenvalue weighted by Gasteiger charge is -2.21. The number of fused-ring (bicyclic) bond motifs is 9. The number of nitrogens with zero attached hydrogens (tertiary/aromatic N) is 2. The predicted octanol–water partition coefficient (Wildman–Crippen LogP) is 10.3. The van der Waals surface area contributed by atoms with Crippen LogP contribution in [0.4, 0.5) is 0 Å². The third-order valence-corrected chi connectivity index (χ3v) is 9.72. The van der Waals surface area contributed by atoms with E-state index >= 15 is 0 Å². The first-order valence-electron chi connectivity index (χ1n) is 15.0. The number of furan rings is 1. The maximum Gasteiger partial charge on any atom is 0.136 e. The van der Waals surface area contributed by atoms with E-state index in [2.05, 4.69) is 122 Å². The van der Waals surface area contributed by atoms with Gasteiger partial charge in [-0.15, -0.1) is 0 Å². The largest absolute Gasteiger partial charge is 0.456 e. The summed E-state index contributed by atoms with van der Waals surface area (Å²) in [6.45, 7) is 4.59. The van der Waals surface area contributed by atoms with Gasteiger partial charge in [-0.05, 0) is 83.1 Å². The van der Waals surface area contributed by atoms with Crippen molar-refractivity contribution in [3.63, 3.8) is 0 Å². The van der Waals surface area contributed by atoms with Crippen molar-refractivity contribution in [2.24, 2.45) is 0 Å². The molecule has 0 saturated carbocycles. The fourth-order valence-electron chi connectivity index (χ4n) is 7.70. The summed E-state index contributed by atoms with van der Waals surface area (Å²) >= 11 is 0. The normalized spacial score (nSPS) is 14.6. The Bertz CT molecular complexity index is 2390. The molecule has 2 aromatic heterocycles. The molecule has 3 heteroatoms. The molecule has 0 amide bonds. The quantitative estimate of drug-likeness (QED) is 0.214. The molecule has 204 valence electrons. The Morgan fingerprint density at radius 2 is 1.60 bits per heavy atom. The fourth-order valence-corrected chi connectivity index (χ4v) is 7.70. The van der Waals surface area contributed by atoms with E-state index in [-0.39, 0.29) is 5.41 Å². The third kappa shape index (κ3) is 3.24. The van der Waals surface area contributed by atoms with E-state index in [9.17, 15) is 5.26 Å². The van der Waals surface area contributed by atoms with Gasteiger partial charge in [-0.25, -0.2) is 0 Å². The average molecular weight is 553 g/mol. The molecule has 9 rings (SSSR count). The highest BCUT2D eigenvalue weighted by Gasteiger charge is 2.36. The van der Waals surface area contributed by atoms with Crippen LogP contribution in [0, 0.1) is 11.3 Å². The second-order valence-electron chi connectivity index (χ2n) is 12.3. The van der Waals surface area contributed by atoms with E-state index in [0.29, 0.717) is 5.56 Å². The average Bonchev–Trinajstić information content (AvgIpc) is 3.65. The zero-order chi connectivity index (χ0) is 28.9. The second kappa shape index (κ2) is 8.60. The molecule has 2 heterocycles. The van der Waals surface area contributed by atoms with Crippen LogP contribution in [0.2, 0.25) is 0 Å². The lowest BCUT2D eigenvalue weighted by Crippen LogP contribution is -2.14. The summed E-state index contributed by atoms with van der Waals surface area (Å²) in [5, 5.41) is 13.8. The van der Waals surface area contributed by atoms with Gasteiger partial charge < -0.3 is 8.98 Å². The van der Waals surface area contributed by atoms with Gasteiger partial charge in [0.15, 0.2) is 0 Å². The first-order valence-corrected chi connectivity index (χ1v) is 15.0. The summed E-state index contributed by atoms with van der Waals surface area (Å²) in [6.07, 6.45) is 6.48. The van der Waals surface area contributed by atoms with E-state index in [4.69, 9.17) is 4.42 Å². The van der Waals surface area contributed by atoms with Crippen LogP contribution in [0.15, 0.2) is 108 Å². The number of aromatic nitrogens is 1. The summed E-state index contributed by atoms with van der Waals surface area (Å²) in [4.78, 5) is 0. The summed E-state index contributed by atoms with van der Waals surface area (Å²) in [6, 6.07) is 36.9. The number of nitriles is 1. The monoisotopic (exact) mass is 552 g/mol. The Morgan fingerprint density at radius 3 is 2.51 bits per heavy atom. The lowest BCUT2D eigenvalue weighted by molar-refractivity contribution is 0.647. The van der Waals surface area contributed by atoms with Crippen LogP contribution in [-0.4, -0.2) is 4.57 Å². The summed E-state index contributed by atoms with van der Waals surface area (Å²) in [5.74, 6) is 0. The molecule has 7 aromatic rings. The van der Waals surface area contributed by atoms with Gasteiger partial charge in [0.05, 0.1) is 22.8 Å². The Hall–Kier alpha value is -5.33. The highest BCUT2D eigenvalue weighted by atomic mass is 16.3. The van der Waals surface area contributed by atoms with Crippen molar-refractivity contribution in [2.75, 3.05) is 0 Å². The molecule has 0 aliphatic heterocycles. The van der Waals surface area contributed by atoms with Crippen molar-refractivity contribution in [1.29, 1.82) is 5.26 Å². The minimum absolute atomic E-state index is 0.0846. The molecule has 43 heavy (non-hydrogen) atoms. The zero-order valence-corrected chi connectivity index (χ0v) is 24.1. The maximum atomic E-state index is 10.3. The number of allylic oxidation sites excluding steroid dienone is 1. The fraction of sp³-hybridized carbons (Fsp3) is 0.125. The first-order chi connectivity index (χ1) is 21.0. The third-order valence-electron chi connectivity index (χ3n) is 9.72. The Morgan fingerprint density at radius 1 is 0.767 bits per heavy atom. The summed E-state index contributed by atoms with van der Waals surface area (Å²) in [7, 11) is 0. The zero-order valence-electron chi connectivity index (χ0n) is 24.1. The number of rotatable bonds is 2. The van der Waals surface area contributed by atoms with Gasteiger partial charge >= 0.3 is 0 Å². The Kier molecular flexibility index (Phi) is 4.86. The van der Waals surface area contributed by atoms with E-state index in [1.165, 1.54) is 38.9 Å². The molecule has 0 unspecified atom stereocenters. The highest BCUT2D eigenvalue weighted by Crippen LogP contribution is 2.51. The van der Waals surface area contributed by atoms with Crippen molar-refractivity contribution in [3.05, 3.63) is 131 Å². The Balaban J connectivity index is 1.28. The van der Waals surface area contributed by atoms with E-state index in [1.807, 2.05) is 12.1 Å². The number of benzene rings is 5. The van der Waals surface area contributed by atoms with Crippen LogP contribution >= 0.6 is 0 Å². The second-order valence-corrected chi connectivity index (χ2v) is 12.3. The molecule has 0 bridgehead atoms. The lowest BCUT2D eigenvalue weighted by atomic mass is 9.82. The van der Waals surface area contributed by atoms with Crippen LogP contribution < -0.4 is 0 Å². The molecule has 5 aromatic carbocycles. The van der Waals surface area contributed by atoms with Crippen LogP contribution in [0.25, 0.3) is 66.9 Å². The Labute approximate surface area is 249 Å². The van der Waals surface area contributed by atoms with Crippen molar-refractivity contribution >= 4 is 38.9 Å². The van der Waals surface area contributed by atoms with Crippen LogP contribution in [0.3, 0.4) is 0 Å². The van der Waals surface area contributed by atoms with Gasteiger partial charge in [0.1, 0.15) is 11.2 Å². The minimum atomic E-state index is -0.0846. The molecule has 0 radical (unpaired) electrons. The van der Waals surface area contributed by atoms with Crippen molar-refractivity contribution in [3.8, 4) is 34.0 Å². The van der Waals surface area contributed by atoms with Crippen LogP contribution in [-0.2, 0) is 11.8 Å². The smallest absolute Gasteiger partial charge is 0.136 e. The van der Waals surface area contributed by atoms with Crippen molar-refractivity contribution in [2.45, 2.75) is 32.1 Å². The van der Waals surface area contributed by atoms with Gasteiger partial charge in [-0.2, -0.15) is 5.26 Å². The van der Waals surface area contributed by atoms with Gasteiger partial charge in [0.25, 0.3) is 0 Å². The molecule has 3 nitrogen and oxygen atoms in total. The van der Waals surface area contributed by atoms with Gasteiger partial charge in [-0.3, -0.25) is 0 Å². The van der Waals surface area contributed by atoms with Gasteiger partial charge in [0.2, 0.25) is 0 Å². The predicted molar refractivity (Wildman–Crippen MR) is 176 cm³/mol. The number of hydrogen-bond acceptors (Lipinski definition) is 2. The molecule has 0 N–H and O–H groups in total. The molecule has 0 spiro atoms. The standard InChI is InChI=1S/C40H28N2O/c1-40(2)32-14-6-3-11-26(32)30-21-31-29-19-18-24(20-37(29)43-38(31)22-33(30)40)39-25(23-41)10-9-17-36(39)42-34-15-7-4-12-27(34)28-13-5-8-16-35(28)42/h3-7,9-15,17-22H,8,16H2,1-2H3. The van der Waals surface area contributed by atoms with E-state index in [1.54, 1.807) is 0 Å². The molecular formula is C40H28N2O. The van der Waals surface area contributed by atoms with E-state index in [0.717, 1.165) is 57.1 Å². The SMILES string of the molecule is CC1(C)c2ccccc2-c2cc3c(cc21)oc1cc(-c2c(C#N)cccc2-n2c4c(c5ccccc52)C=CCC4)ccc13. The molecule has 0 saturated heterocycles. The maximum absolute atomic E-state index is 10.3. The molecule has 0 fully saturated rings. The molecule has 2 aliphatic rings.